The molecule has 24 heavy (non-hydrogen) atoms. The number of hydrogen-bond donors (Lipinski definition) is 0. The molecule has 5 nitrogen and oxygen atoms in total. The van der Waals surface area contributed by atoms with Gasteiger partial charge in [-0.05, 0) is 18.2 Å². The fraction of sp³-hybridized carbons (Fsp3) is 0.118. The molecule has 0 aliphatic rings. The minimum absolute atomic E-state index is 0.0000800. The van der Waals surface area contributed by atoms with Gasteiger partial charge in [-0.1, -0.05) is 24.3 Å². The van der Waals surface area contributed by atoms with Crippen LogP contribution in [0.25, 0.3) is 6.08 Å². The fourth-order valence-electron chi connectivity index (χ4n) is 2.11. The number of nitro groups is 1. The van der Waals surface area contributed by atoms with Gasteiger partial charge in [-0.2, -0.15) is 0 Å². The smallest absolute Gasteiger partial charge is 0.274 e. The number of carbonyl (C=O) groups is 1. The Bertz CT molecular complexity index is 786. The highest BCUT2D eigenvalue weighted by molar-refractivity contribution is 5.91. The van der Waals surface area contributed by atoms with Gasteiger partial charge in [0, 0.05) is 30.3 Å². The number of likely N-dealkylation sites (N-methyl/N-ethyl adjacent to an activating group) is 1. The molecule has 2 aromatic carbocycles. The Morgan fingerprint density at radius 1 is 1.17 bits per heavy atom. The largest absolute Gasteiger partial charge is 0.338 e. The van der Waals surface area contributed by atoms with Gasteiger partial charge < -0.3 is 4.90 Å². The van der Waals surface area contributed by atoms with E-state index < -0.39 is 22.5 Å². The van der Waals surface area contributed by atoms with Crippen molar-refractivity contribution >= 4 is 17.7 Å². The van der Waals surface area contributed by atoms with E-state index in [4.69, 9.17) is 0 Å². The maximum atomic E-state index is 13.5. The van der Waals surface area contributed by atoms with Crippen molar-refractivity contribution in [3.8, 4) is 0 Å². The van der Waals surface area contributed by atoms with Gasteiger partial charge in [0.25, 0.3) is 5.69 Å². The Balaban J connectivity index is 2.13. The lowest BCUT2D eigenvalue weighted by atomic mass is 10.1. The topological polar surface area (TPSA) is 63.4 Å². The molecule has 0 heterocycles. The number of amides is 1. The number of halogens is 2. The average molecular weight is 332 g/mol. The van der Waals surface area contributed by atoms with Crippen LogP contribution in [-0.4, -0.2) is 22.8 Å². The molecule has 0 saturated carbocycles. The summed E-state index contributed by atoms with van der Waals surface area (Å²) in [6, 6.07) is 9.45. The lowest BCUT2D eigenvalue weighted by molar-refractivity contribution is -0.385. The number of rotatable bonds is 5. The highest BCUT2D eigenvalue weighted by atomic mass is 19.1. The molecule has 0 atom stereocenters. The summed E-state index contributed by atoms with van der Waals surface area (Å²) in [5.74, 6) is -2.09. The first-order chi connectivity index (χ1) is 11.4. The molecule has 2 rings (SSSR count). The van der Waals surface area contributed by atoms with Crippen LogP contribution in [-0.2, 0) is 11.3 Å². The predicted molar refractivity (Wildman–Crippen MR) is 85.0 cm³/mol. The second-order valence-corrected chi connectivity index (χ2v) is 5.05. The molecule has 2 aromatic rings. The molecule has 0 spiro atoms. The second-order valence-electron chi connectivity index (χ2n) is 5.05. The van der Waals surface area contributed by atoms with Crippen molar-refractivity contribution in [1.29, 1.82) is 0 Å². The molecule has 0 saturated heterocycles. The van der Waals surface area contributed by atoms with Crippen molar-refractivity contribution < 1.29 is 18.5 Å². The standard InChI is InChI=1S/C17H14F2N2O3/c1-20(11-12-5-2-3-8-16(12)21(23)24)17(22)10-9-13-14(18)6-4-7-15(13)19/h2-10H,11H2,1H3. The van der Waals surface area contributed by atoms with Gasteiger partial charge in [-0.25, -0.2) is 8.78 Å². The number of benzene rings is 2. The highest BCUT2D eigenvalue weighted by Crippen LogP contribution is 2.19. The predicted octanol–water partition coefficient (Wildman–Crippen LogP) is 3.54. The molecule has 0 unspecified atom stereocenters. The van der Waals surface area contributed by atoms with Crippen molar-refractivity contribution in [2.24, 2.45) is 0 Å². The van der Waals surface area contributed by atoms with Crippen LogP contribution < -0.4 is 0 Å². The van der Waals surface area contributed by atoms with Gasteiger partial charge >= 0.3 is 0 Å². The van der Waals surface area contributed by atoms with Crippen LogP contribution in [0.2, 0.25) is 0 Å². The minimum atomic E-state index is -0.777. The van der Waals surface area contributed by atoms with E-state index in [2.05, 4.69) is 0 Å². The van der Waals surface area contributed by atoms with Gasteiger partial charge in [0.15, 0.2) is 0 Å². The minimum Gasteiger partial charge on any atom is -0.338 e. The van der Waals surface area contributed by atoms with Crippen LogP contribution in [0.5, 0.6) is 0 Å². The summed E-state index contributed by atoms with van der Waals surface area (Å²) in [6.45, 7) is 0.0000800. The summed E-state index contributed by atoms with van der Waals surface area (Å²) in [7, 11) is 1.45. The molecule has 0 N–H and O–H groups in total. The molecule has 0 radical (unpaired) electrons. The van der Waals surface area contributed by atoms with Gasteiger partial charge in [0.05, 0.1) is 11.5 Å². The molecule has 7 heteroatoms. The van der Waals surface area contributed by atoms with Crippen LogP contribution in [0.1, 0.15) is 11.1 Å². The van der Waals surface area contributed by atoms with Crippen LogP contribution in [0.4, 0.5) is 14.5 Å². The number of carbonyl (C=O) groups excluding carboxylic acids is 1. The molecule has 0 aliphatic heterocycles. The van der Waals surface area contributed by atoms with Gasteiger partial charge in [0.1, 0.15) is 11.6 Å². The molecule has 0 bridgehead atoms. The molecular formula is C17H14F2N2O3. The second kappa shape index (κ2) is 7.45. The third-order valence-corrected chi connectivity index (χ3v) is 3.36. The first-order valence-electron chi connectivity index (χ1n) is 6.99. The number of nitro benzene ring substituents is 1. The van der Waals surface area contributed by atoms with Crippen molar-refractivity contribution in [2.75, 3.05) is 7.05 Å². The van der Waals surface area contributed by atoms with Crippen LogP contribution in [0.15, 0.2) is 48.5 Å². The third kappa shape index (κ3) is 4.01. The Morgan fingerprint density at radius 2 is 1.79 bits per heavy atom. The van der Waals surface area contributed by atoms with E-state index in [0.717, 1.165) is 24.3 Å². The van der Waals surface area contributed by atoms with E-state index in [0.29, 0.717) is 5.56 Å². The molecular weight excluding hydrogens is 318 g/mol. The summed E-state index contributed by atoms with van der Waals surface area (Å²) < 4.78 is 27.0. The highest BCUT2D eigenvalue weighted by Gasteiger charge is 2.16. The molecule has 0 fully saturated rings. The lowest BCUT2D eigenvalue weighted by Gasteiger charge is -2.15. The average Bonchev–Trinajstić information content (AvgIpc) is 2.54. The lowest BCUT2D eigenvalue weighted by Crippen LogP contribution is -2.24. The Labute approximate surface area is 137 Å². The van der Waals surface area contributed by atoms with Crippen LogP contribution >= 0.6 is 0 Å². The van der Waals surface area contributed by atoms with E-state index in [1.54, 1.807) is 12.1 Å². The number of nitrogens with zero attached hydrogens (tertiary/aromatic N) is 2. The maximum absolute atomic E-state index is 13.5. The van der Waals surface area contributed by atoms with E-state index in [-0.39, 0.29) is 17.8 Å². The first kappa shape index (κ1) is 17.3. The fourth-order valence-corrected chi connectivity index (χ4v) is 2.11. The molecule has 0 aromatic heterocycles. The van der Waals surface area contributed by atoms with Gasteiger partial charge in [-0.15, -0.1) is 0 Å². The van der Waals surface area contributed by atoms with Crippen molar-refractivity contribution in [1.82, 2.24) is 4.90 Å². The zero-order chi connectivity index (χ0) is 17.7. The first-order valence-corrected chi connectivity index (χ1v) is 6.99. The SMILES string of the molecule is CN(Cc1ccccc1[N+](=O)[O-])C(=O)C=Cc1c(F)cccc1F. The van der Waals surface area contributed by atoms with E-state index in [9.17, 15) is 23.7 Å². The monoisotopic (exact) mass is 332 g/mol. The molecule has 1 amide bonds. The summed E-state index contributed by atoms with van der Waals surface area (Å²) >= 11 is 0. The number of para-hydroxylation sites is 1. The maximum Gasteiger partial charge on any atom is 0.274 e. The van der Waals surface area contributed by atoms with Crippen LogP contribution in [0.3, 0.4) is 0 Å². The van der Waals surface area contributed by atoms with Crippen molar-refractivity contribution in [3.05, 3.63) is 81.4 Å². The van der Waals surface area contributed by atoms with Crippen LogP contribution in [0, 0.1) is 21.7 Å². The summed E-state index contributed by atoms with van der Waals surface area (Å²) in [5.41, 5.74) is -0.0463. The van der Waals surface area contributed by atoms with E-state index >= 15 is 0 Å². The quantitative estimate of drug-likeness (QED) is 0.478. The molecule has 0 aliphatic carbocycles. The Hall–Kier alpha value is -3.09. The normalized spacial score (nSPS) is 10.8. The van der Waals surface area contributed by atoms with Gasteiger partial charge in [-0.3, -0.25) is 14.9 Å². The summed E-state index contributed by atoms with van der Waals surface area (Å²) in [5, 5.41) is 11.0. The van der Waals surface area contributed by atoms with Crippen molar-refractivity contribution in [3.63, 3.8) is 0 Å². The molecule has 124 valence electrons. The van der Waals surface area contributed by atoms with Crippen molar-refractivity contribution in [2.45, 2.75) is 6.54 Å². The van der Waals surface area contributed by atoms with E-state index in [1.165, 1.54) is 30.1 Å². The summed E-state index contributed by atoms with van der Waals surface area (Å²) in [6.07, 6.45) is 2.07. The zero-order valence-corrected chi connectivity index (χ0v) is 12.8. The third-order valence-electron chi connectivity index (χ3n) is 3.36. The van der Waals surface area contributed by atoms with Gasteiger partial charge in [0.2, 0.25) is 5.91 Å². The Kier molecular flexibility index (Phi) is 5.36. The zero-order valence-electron chi connectivity index (χ0n) is 12.8. The van der Waals surface area contributed by atoms with E-state index in [1.807, 2.05) is 0 Å². The number of hydrogen-bond acceptors (Lipinski definition) is 3. The Morgan fingerprint density at radius 3 is 2.42 bits per heavy atom. The summed E-state index contributed by atoms with van der Waals surface area (Å²) in [4.78, 5) is 23.7.